The summed E-state index contributed by atoms with van der Waals surface area (Å²) in [5.41, 5.74) is 10.4. The second-order valence-electron chi connectivity index (χ2n) is 6.38. The second-order valence-corrected chi connectivity index (χ2v) is 6.38. The van der Waals surface area contributed by atoms with Crippen LogP contribution >= 0.6 is 0 Å². The molecule has 20 heavy (non-hydrogen) atoms. The number of nitrogens with zero attached hydrogens (tertiary/aromatic N) is 2. The normalized spacial score (nSPS) is 25.6. The molecule has 2 aliphatic rings. The number of fused-ring (bicyclic) bond motifs is 1. The molecule has 2 atom stereocenters. The van der Waals surface area contributed by atoms with Gasteiger partial charge in [-0.25, -0.2) is 0 Å². The van der Waals surface area contributed by atoms with Crippen molar-refractivity contribution in [2.75, 3.05) is 32.7 Å². The monoisotopic (exact) mass is 273 g/mol. The van der Waals surface area contributed by atoms with Gasteiger partial charge in [-0.05, 0) is 49.9 Å². The standard InChI is InChI=1S/C17H27N3/c1-13-5-3-6-14(2)17(13)16(11-18)20-10-9-19-8-4-7-15(19)12-20/h3,5-6,15-16H,4,7-12,18H2,1-2H3. The molecule has 0 saturated carbocycles. The maximum Gasteiger partial charge on any atom is 0.0476 e. The smallest absolute Gasteiger partial charge is 0.0476 e. The minimum Gasteiger partial charge on any atom is -0.329 e. The van der Waals surface area contributed by atoms with Crippen molar-refractivity contribution in [1.82, 2.24) is 9.80 Å². The summed E-state index contributed by atoms with van der Waals surface area (Å²) < 4.78 is 0. The van der Waals surface area contributed by atoms with Crippen molar-refractivity contribution in [3.05, 3.63) is 34.9 Å². The van der Waals surface area contributed by atoms with Crippen LogP contribution < -0.4 is 5.73 Å². The summed E-state index contributed by atoms with van der Waals surface area (Å²) in [5, 5.41) is 0. The summed E-state index contributed by atoms with van der Waals surface area (Å²) in [6.45, 7) is 10.0. The largest absolute Gasteiger partial charge is 0.329 e. The Labute approximate surface area is 122 Å². The zero-order valence-electron chi connectivity index (χ0n) is 12.8. The zero-order chi connectivity index (χ0) is 14.1. The summed E-state index contributed by atoms with van der Waals surface area (Å²) in [7, 11) is 0. The molecule has 2 fully saturated rings. The molecule has 0 spiro atoms. The molecule has 0 amide bonds. The third kappa shape index (κ3) is 2.50. The third-order valence-corrected chi connectivity index (χ3v) is 5.16. The van der Waals surface area contributed by atoms with Crippen LogP contribution in [0.2, 0.25) is 0 Å². The van der Waals surface area contributed by atoms with Crippen molar-refractivity contribution in [2.45, 2.75) is 38.8 Å². The van der Waals surface area contributed by atoms with Gasteiger partial charge in [0.15, 0.2) is 0 Å². The molecule has 0 radical (unpaired) electrons. The quantitative estimate of drug-likeness (QED) is 0.915. The van der Waals surface area contributed by atoms with Crippen molar-refractivity contribution in [2.24, 2.45) is 5.73 Å². The number of benzene rings is 1. The van der Waals surface area contributed by atoms with Gasteiger partial charge < -0.3 is 5.73 Å². The van der Waals surface area contributed by atoms with E-state index in [0.29, 0.717) is 6.04 Å². The van der Waals surface area contributed by atoms with Gasteiger partial charge in [0.05, 0.1) is 0 Å². The number of hydrogen-bond donors (Lipinski definition) is 1. The van der Waals surface area contributed by atoms with E-state index in [9.17, 15) is 0 Å². The average molecular weight is 273 g/mol. The number of hydrogen-bond acceptors (Lipinski definition) is 3. The van der Waals surface area contributed by atoms with E-state index in [0.717, 1.165) is 19.1 Å². The lowest BCUT2D eigenvalue weighted by molar-refractivity contribution is 0.0733. The Balaban J connectivity index is 1.83. The molecule has 2 N–H and O–H groups in total. The zero-order valence-corrected chi connectivity index (χ0v) is 12.8. The first-order valence-electron chi connectivity index (χ1n) is 7.95. The van der Waals surface area contributed by atoms with Gasteiger partial charge in [0, 0.05) is 38.3 Å². The van der Waals surface area contributed by atoms with E-state index in [4.69, 9.17) is 5.73 Å². The van der Waals surface area contributed by atoms with Crippen LogP contribution in [-0.2, 0) is 0 Å². The molecule has 2 aliphatic heterocycles. The first kappa shape index (κ1) is 14.1. The molecule has 0 aliphatic carbocycles. The third-order valence-electron chi connectivity index (χ3n) is 5.16. The first-order chi connectivity index (χ1) is 9.70. The molecule has 3 rings (SSSR count). The van der Waals surface area contributed by atoms with Crippen molar-refractivity contribution in [3.63, 3.8) is 0 Å². The number of rotatable bonds is 3. The summed E-state index contributed by atoms with van der Waals surface area (Å²) in [4.78, 5) is 5.29. The number of piperazine rings is 1. The Morgan fingerprint density at radius 2 is 1.95 bits per heavy atom. The van der Waals surface area contributed by atoms with Crippen LogP contribution in [0.15, 0.2) is 18.2 Å². The highest BCUT2D eigenvalue weighted by Crippen LogP contribution is 2.30. The number of aryl methyl sites for hydroxylation is 2. The summed E-state index contributed by atoms with van der Waals surface area (Å²) in [6, 6.07) is 7.74. The van der Waals surface area contributed by atoms with Crippen LogP contribution in [0, 0.1) is 13.8 Å². The molecule has 3 heteroatoms. The molecule has 3 nitrogen and oxygen atoms in total. The fourth-order valence-corrected chi connectivity index (χ4v) is 4.10. The van der Waals surface area contributed by atoms with Gasteiger partial charge in [0.25, 0.3) is 0 Å². The van der Waals surface area contributed by atoms with Crippen LogP contribution in [0.4, 0.5) is 0 Å². The van der Waals surface area contributed by atoms with E-state index in [1.807, 2.05) is 0 Å². The predicted octanol–water partition coefficient (Wildman–Crippen LogP) is 2.08. The predicted molar refractivity (Wildman–Crippen MR) is 83.9 cm³/mol. The van der Waals surface area contributed by atoms with E-state index in [1.54, 1.807) is 0 Å². The van der Waals surface area contributed by atoms with E-state index < -0.39 is 0 Å². The Morgan fingerprint density at radius 3 is 2.65 bits per heavy atom. The van der Waals surface area contributed by atoms with Gasteiger partial charge in [-0.3, -0.25) is 9.80 Å². The topological polar surface area (TPSA) is 32.5 Å². The molecule has 0 aromatic heterocycles. The molecule has 110 valence electrons. The van der Waals surface area contributed by atoms with Gasteiger partial charge in [-0.15, -0.1) is 0 Å². The Morgan fingerprint density at radius 1 is 1.20 bits per heavy atom. The molecule has 1 aromatic carbocycles. The highest BCUT2D eigenvalue weighted by molar-refractivity contribution is 5.36. The van der Waals surface area contributed by atoms with Crippen molar-refractivity contribution >= 4 is 0 Å². The van der Waals surface area contributed by atoms with E-state index in [-0.39, 0.29) is 0 Å². The minimum absolute atomic E-state index is 0.388. The second kappa shape index (κ2) is 5.84. The highest BCUT2D eigenvalue weighted by Gasteiger charge is 2.34. The van der Waals surface area contributed by atoms with Crippen molar-refractivity contribution in [1.29, 1.82) is 0 Å². The fourth-order valence-electron chi connectivity index (χ4n) is 4.10. The van der Waals surface area contributed by atoms with Crippen molar-refractivity contribution in [3.8, 4) is 0 Å². The van der Waals surface area contributed by atoms with Gasteiger partial charge in [-0.1, -0.05) is 18.2 Å². The summed E-state index contributed by atoms with van der Waals surface area (Å²) in [6.07, 6.45) is 2.73. The molecular weight excluding hydrogens is 246 g/mol. The van der Waals surface area contributed by atoms with Crippen LogP contribution in [0.1, 0.15) is 35.6 Å². The SMILES string of the molecule is Cc1cccc(C)c1C(CN)N1CCN2CCCC2C1. The van der Waals surface area contributed by atoms with Crippen LogP contribution in [0.3, 0.4) is 0 Å². The van der Waals surface area contributed by atoms with Crippen LogP contribution in [0.25, 0.3) is 0 Å². The lowest BCUT2D eigenvalue weighted by Crippen LogP contribution is -2.52. The molecule has 2 heterocycles. The summed E-state index contributed by atoms with van der Waals surface area (Å²) in [5.74, 6) is 0. The fraction of sp³-hybridized carbons (Fsp3) is 0.647. The Kier molecular flexibility index (Phi) is 4.11. The van der Waals surface area contributed by atoms with E-state index in [2.05, 4.69) is 41.8 Å². The minimum atomic E-state index is 0.388. The number of nitrogens with two attached hydrogens (primary N) is 1. The Bertz CT molecular complexity index is 451. The molecule has 1 aromatic rings. The van der Waals surface area contributed by atoms with Gasteiger partial charge in [0.2, 0.25) is 0 Å². The van der Waals surface area contributed by atoms with Gasteiger partial charge in [-0.2, -0.15) is 0 Å². The van der Waals surface area contributed by atoms with Gasteiger partial charge >= 0.3 is 0 Å². The van der Waals surface area contributed by atoms with Crippen molar-refractivity contribution < 1.29 is 0 Å². The van der Waals surface area contributed by atoms with E-state index >= 15 is 0 Å². The molecular formula is C17H27N3. The maximum absolute atomic E-state index is 6.16. The average Bonchev–Trinajstić information content (AvgIpc) is 2.90. The molecule has 0 bridgehead atoms. The van der Waals surface area contributed by atoms with Crippen LogP contribution in [-0.4, -0.2) is 48.6 Å². The first-order valence-corrected chi connectivity index (χ1v) is 7.95. The maximum atomic E-state index is 6.16. The van der Waals surface area contributed by atoms with Crippen LogP contribution in [0.5, 0.6) is 0 Å². The lowest BCUT2D eigenvalue weighted by atomic mass is 9.94. The Hall–Kier alpha value is -0.900. The van der Waals surface area contributed by atoms with Gasteiger partial charge in [0.1, 0.15) is 0 Å². The highest BCUT2D eigenvalue weighted by atomic mass is 15.3. The lowest BCUT2D eigenvalue weighted by Gasteiger charge is -2.42. The van der Waals surface area contributed by atoms with E-state index in [1.165, 1.54) is 49.2 Å². The summed E-state index contributed by atoms with van der Waals surface area (Å²) >= 11 is 0. The molecule has 2 saturated heterocycles. The molecule has 2 unspecified atom stereocenters.